The molecule has 1 atom stereocenters. The number of nitrogens with zero attached hydrogens (tertiary/aromatic N) is 1. The van der Waals surface area contributed by atoms with Gasteiger partial charge in [-0.05, 0) is 24.5 Å². The standard InChI is InChI=1S/C18H24N2O4/c1-23-15-5-4-14-9-13(12-24-16(14)10-15)11-19-17(21)6-8-20-7-2-3-18(20)22/h4-5,10,13H,2-3,6-9,11-12H2,1H3,(H,19,21)/t13-/m0/s1. The van der Waals surface area contributed by atoms with Crippen LogP contribution < -0.4 is 14.8 Å². The first-order valence-electron chi connectivity index (χ1n) is 8.50. The molecule has 130 valence electrons. The molecule has 0 radical (unpaired) electrons. The number of carbonyl (C=O) groups is 2. The summed E-state index contributed by atoms with van der Waals surface area (Å²) in [6.07, 6.45) is 2.77. The van der Waals surface area contributed by atoms with Crippen LogP contribution in [0.15, 0.2) is 18.2 Å². The third-order valence-electron chi connectivity index (χ3n) is 4.63. The minimum atomic E-state index is -0.00442. The minimum Gasteiger partial charge on any atom is -0.497 e. The zero-order valence-corrected chi connectivity index (χ0v) is 14.0. The maximum absolute atomic E-state index is 12.0. The smallest absolute Gasteiger partial charge is 0.222 e. The first kappa shape index (κ1) is 16.6. The largest absolute Gasteiger partial charge is 0.497 e. The molecule has 2 aliphatic rings. The summed E-state index contributed by atoms with van der Waals surface area (Å²) in [5.41, 5.74) is 1.14. The third kappa shape index (κ3) is 3.99. The van der Waals surface area contributed by atoms with E-state index in [4.69, 9.17) is 9.47 Å². The van der Waals surface area contributed by atoms with Gasteiger partial charge >= 0.3 is 0 Å². The van der Waals surface area contributed by atoms with Crippen LogP contribution in [0.1, 0.15) is 24.8 Å². The molecule has 0 unspecified atom stereocenters. The van der Waals surface area contributed by atoms with E-state index in [0.29, 0.717) is 32.5 Å². The highest BCUT2D eigenvalue weighted by molar-refractivity contribution is 5.80. The molecule has 0 saturated carbocycles. The van der Waals surface area contributed by atoms with Crippen molar-refractivity contribution in [2.24, 2.45) is 5.92 Å². The quantitative estimate of drug-likeness (QED) is 0.854. The molecule has 1 N–H and O–H groups in total. The molecule has 6 nitrogen and oxygen atoms in total. The number of carbonyl (C=O) groups excluding carboxylic acids is 2. The highest BCUT2D eigenvalue weighted by atomic mass is 16.5. The fourth-order valence-corrected chi connectivity index (χ4v) is 3.20. The lowest BCUT2D eigenvalue weighted by atomic mass is 9.96. The molecule has 6 heteroatoms. The van der Waals surface area contributed by atoms with E-state index in [2.05, 4.69) is 5.32 Å². The van der Waals surface area contributed by atoms with Gasteiger partial charge in [0, 0.05) is 44.5 Å². The fraction of sp³-hybridized carbons (Fsp3) is 0.556. The van der Waals surface area contributed by atoms with Gasteiger partial charge < -0.3 is 19.7 Å². The van der Waals surface area contributed by atoms with E-state index in [0.717, 1.165) is 36.4 Å². The van der Waals surface area contributed by atoms with Crippen LogP contribution in [0.25, 0.3) is 0 Å². The van der Waals surface area contributed by atoms with Crippen LogP contribution in [0.4, 0.5) is 0 Å². The summed E-state index contributed by atoms with van der Waals surface area (Å²) >= 11 is 0. The summed E-state index contributed by atoms with van der Waals surface area (Å²) in [5, 5.41) is 2.96. The number of nitrogens with one attached hydrogen (secondary N) is 1. The van der Waals surface area contributed by atoms with Crippen LogP contribution in [0.5, 0.6) is 11.5 Å². The van der Waals surface area contributed by atoms with E-state index in [1.807, 2.05) is 18.2 Å². The first-order chi connectivity index (χ1) is 11.7. The molecule has 2 heterocycles. The summed E-state index contributed by atoms with van der Waals surface area (Å²) in [4.78, 5) is 25.3. The van der Waals surface area contributed by atoms with Gasteiger partial charge in [-0.1, -0.05) is 6.07 Å². The van der Waals surface area contributed by atoms with E-state index >= 15 is 0 Å². The number of likely N-dealkylation sites (tertiary alicyclic amines) is 1. The van der Waals surface area contributed by atoms with Gasteiger partial charge in [-0.15, -0.1) is 0 Å². The molecular formula is C18H24N2O4. The molecule has 3 rings (SSSR count). The highest BCUT2D eigenvalue weighted by Gasteiger charge is 2.22. The molecule has 2 amide bonds. The van der Waals surface area contributed by atoms with Gasteiger partial charge in [0.25, 0.3) is 0 Å². The lowest BCUT2D eigenvalue weighted by molar-refractivity contribution is -0.128. The Morgan fingerprint density at radius 3 is 3.08 bits per heavy atom. The van der Waals surface area contributed by atoms with Crippen molar-refractivity contribution in [1.82, 2.24) is 10.2 Å². The van der Waals surface area contributed by atoms with Crippen LogP contribution in [0.3, 0.4) is 0 Å². The van der Waals surface area contributed by atoms with E-state index in [1.54, 1.807) is 12.0 Å². The predicted molar refractivity (Wildman–Crippen MR) is 89.1 cm³/mol. The first-order valence-corrected chi connectivity index (χ1v) is 8.50. The Labute approximate surface area is 142 Å². The predicted octanol–water partition coefficient (Wildman–Crippen LogP) is 1.37. The number of fused-ring (bicyclic) bond motifs is 1. The lowest BCUT2D eigenvalue weighted by Gasteiger charge is -2.26. The van der Waals surface area contributed by atoms with Crippen LogP contribution in [0.2, 0.25) is 0 Å². The van der Waals surface area contributed by atoms with Gasteiger partial charge in [0.1, 0.15) is 11.5 Å². The summed E-state index contributed by atoms with van der Waals surface area (Å²) in [6.45, 7) is 2.49. The van der Waals surface area contributed by atoms with Crippen molar-refractivity contribution in [3.8, 4) is 11.5 Å². The Bertz CT molecular complexity index is 617. The van der Waals surface area contributed by atoms with Crippen LogP contribution >= 0.6 is 0 Å². The average molecular weight is 332 g/mol. The topological polar surface area (TPSA) is 67.9 Å². The second-order valence-corrected chi connectivity index (χ2v) is 6.39. The van der Waals surface area contributed by atoms with Crippen LogP contribution in [-0.4, -0.2) is 50.1 Å². The molecule has 0 aromatic heterocycles. The number of amides is 2. The van der Waals surface area contributed by atoms with Gasteiger partial charge in [0.15, 0.2) is 0 Å². The Morgan fingerprint density at radius 2 is 2.33 bits per heavy atom. The van der Waals surface area contributed by atoms with E-state index < -0.39 is 0 Å². The van der Waals surface area contributed by atoms with Gasteiger partial charge in [-0.25, -0.2) is 0 Å². The molecule has 1 aromatic carbocycles. The van der Waals surface area contributed by atoms with E-state index in [1.165, 1.54) is 0 Å². The number of hydrogen-bond acceptors (Lipinski definition) is 4. The Balaban J connectivity index is 1.42. The average Bonchev–Trinajstić information content (AvgIpc) is 3.02. The van der Waals surface area contributed by atoms with Crippen molar-refractivity contribution in [3.63, 3.8) is 0 Å². The van der Waals surface area contributed by atoms with Gasteiger partial charge in [0.2, 0.25) is 11.8 Å². The Hall–Kier alpha value is -2.24. The number of benzene rings is 1. The number of ether oxygens (including phenoxy) is 2. The van der Waals surface area contributed by atoms with Crippen molar-refractivity contribution in [3.05, 3.63) is 23.8 Å². The minimum absolute atomic E-state index is 0.00442. The molecule has 1 fully saturated rings. The fourth-order valence-electron chi connectivity index (χ4n) is 3.20. The zero-order chi connectivity index (χ0) is 16.9. The second kappa shape index (κ2) is 7.55. The zero-order valence-electron chi connectivity index (χ0n) is 14.0. The SMILES string of the molecule is COc1ccc2c(c1)OC[C@H](CNC(=O)CCN1CCCC1=O)C2. The molecule has 1 saturated heterocycles. The van der Waals surface area contributed by atoms with Crippen molar-refractivity contribution in [1.29, 1.82) is 0 Å². The van der Waals surface area contributed by atoms with Gasteiger partial charge in [-0.2, -0.15) is 0 Å². The monoisotopic (exact) mass is 332 g/mol. The highest BCUT2D eigenvalue weighted by Crippen LogP contribution is 2.30. The maximum Gasteiger partial charge on any atom is 0.222 e. The Kier molecular flexibility index (Phi) is 5.23. The van der Waals surface area contributed by atoms with Gasteiger partial charge in [-0.3, -0.25) is 9.59 Å². The summed E-state index contributed by atoms with van der Waals surface area (Å²) in [5.74, 6) is 2.08. The molecule has 0 spiro atoms. The van der Waals surface area contributed by atoms with Crippen LogP contribution in [0, 0.1) is 5.92 Å². The molecule has 0 bridgehead atoms. The number of rotatable bonds is 6. The summed E-state index contributed by atoms with van der Waals surface area (Å²) < 4.78 is 11.0. The third-order valence-corrected chi connectivity index (χ3v) is 4.63. The molecular weight excluding hydrogens is 308 g/mol. The second-order valence-electron chi connectivity index (χ2n) is 6.39. The van der Waals surface area contributed by atoms with E-state index in [9.17, 15) is 9.59 Å². The Morgan fingerprint density at radius 1 is 1.46 bits per heavy atom. The summed E-state index contributed by atoms with van der Waals surface area (Å²) in [6, 6.07) is 5.84. The molecule has 0 aliphatic carbocycles. The van der Waals surface area contributed by atoms with Crippen molar-refractivity contribution >= 4 is 11.8 Å². The van der Waals surface area contributed by atoms with Gasteiger partial charge in [0.05, 0.1) is 13.7 Å². The summed E-state index contributed by atoms with van der Waals surface area (Å²) in [7, 11) is 1.64. The number of hydrogen-bond donors (Lipinski definition) is 1. The van der Waals surface area contributed by atoms with Crippen molar-refractivity contribution in [2.45, 2.75) is 25.7 Å². The molecule has 1 aromatic rings. The lowest BCUT2D eigenvalue weighted by Crippen LogP contribution is -2.36. The van der Waals surface area contributed by atoms with Crippen molar-refractivity contribution < 1.29 is 19.1 Å². The van der Waals surface area contributed by atoms with Crippen molar-refractivity contribution in [2.75, 3.05) is 33.4 Å². The number of methoxy groups -OCH3 is 1. The van der Waals surface area contributed by atoms with Crippen LogP contribution in [-0.2, 0) is 16.0 Å². The van der Waals surface area contributed by atoms with E-state index in [-0.39, 0.29) is 17.7 Å². The normalized spacial score (nSPS) is 19.6. The molecule has 24 heavy (non-hydrogen) atoms. The maximum atomic E-state index is 12.0. The molecule has 2 aliphatic heterocycles.